The third kappa shape index (κ3) is 3.13. The highest BCUT2D eigenvalue weighted by molar-refractivity contribution is 5.83. The summed E-state index contributed by atoms with van der Waals surface area (Å²) in [6.07, 6.45) is 19.0. The number of nitrogens with one attached hydrogen (secondary N) is 2. The first-order valence-corrected chi connectivity index (χ1v) is 14.6. The van der Waals surface area contributed by atoms with Gasteiger partial charge in [-0.15, -0.1) is 0 Å². The van der Waals surface area contributed by atoms with Crippen molar-refractivity contribution in [3.8, 4) is 0 Å². The molecule has 0 heterocycles. The van der Waals surface area contributed by atoms with Gasteiger partial charge < -0.3 is 10.6 Å². The number of carbonyl (C=O) groups is 2. The second-order valence-electron chi connectivity index (χ2n) is 14.8. The molecule has 180 valence electrons. The van der Waals surface area contributed by atoms with Gasteiger partial charge in [0, 0.05) is 22.9 Å². The number of hydrogen-bond donors (Lipinski definition) is 2. The highest BCUT2D eigenvalue weighted by atomic mass is 16.2. The third-order valence-electron chi connectivity index (χ3n) is 12.4. The summed E-state index contributed by atoms with van der Waals surface area (Å²) in [5.74, 6) is 7.15. The molecular weight excluding hydrogens is 408 g/mol. The molecule has 2 amide bonds. The summed E-state index contributed by atoms with van der Waals surface area (Å²) in [5, 5.41) is 7.32. The standard InChI is InChI=1S/C29H42N2O2/c32-26(30-28-10-16-1-17(11-28)3-18(2-16)12-28)24-8-23-7-22(24)9-25(23)27(33)31-29-13-19-4-20(14-29)6-21(5-19)15-29/h16-25H,1-15H2,(H,30,32)(H,31,33). The zero-order valence-corrected chi connectivity index (χ0v) is 20.2. The second-order valence-corrected chi connectivity index (χ2v) is 14.8. The lowest BCUT2D eigenvalue weighted by Gasteiger charge is -2.57. The van der Waals surface area contributed by atoms with Gasteiger partial charge in [-0.25, -0.2) is 0 Å². The number of carbonyl (C=O) groups excluding carboxylic acids is 2. The summed E-state index contributed by atoms with van der Waals surface area (Å²) in [4.78, 5) is 27.0. The van der Waals surface area contributed by atoms with E-state index in [1.165, 1.54) is 77.0 Å². The minimum Gasteiger partial charge on any atom is -0.350 e. The smallest absolute Gasteiger partial charge is 0.223 e. The fourth-order valence-electron chi connectivity index (χ4n) is 12.2. The Labute approximate surface area is 198 Å². The molecule has 4 atom stereocenters. The van der Waals surface area contributed by atoms with Crippen LogP contribution in [-0.4, -0.2) is 22.9 Å². The van der Waals surface area contributed by atoms with Crippen LogP contribution in [0.2, 0.25) is 0 Å². The van der Waals surface area contributed by atoms with E-state index in [0.29, 0.717) is 23.7 Å². The van der Waals surface area contributed by atoms with Crippen molar-refractivity contribution in [2.45, 2.75) is 107 Å². The predicted molar refractivity (Wildman–Crippen MR) is 126 cm³/mol. The van der Waals surface area contributed by atoms with Crippen LogP contribution in [-0.2, 0) is 9.59 Å². The van der Waals surface area contributed by atoms with Crippen LogP contribution in [0.3, 0.4) is 0 Å². The summed E-state index contributed by atoms with van der Waals surface area (Å²) in [7, 11) is 0. The molecule has 0 aromatic heterocycles. The first kappa shape index (κ1) is 20.2. The zero-order chi connectivity index (χ0) is 21.9. The first-order chi connectivity index (χ1) is 15.9. The zero-order valence-electron chi connectivity index (χ0n) is 20.2. The molecule has 10 saturated carbocycles. The van der Waals surface area contributed by atoms with Crippen molar-refractivity contribution in [1.82, 2.24) is 10.6 Å². The maximum atomic E-state index is 13.5. The van der Waals surface area contributed by atoms with Gasteiger partial charge in [0.1, 0.15) is 0 Å². The summed E-state index contributed by atoms with van der Waals surface area (Å²) < 4.78 is 0. The molecule has 4 heteroatoms. The third-order valence-corrected chi connectivity index (χ3v) is 12.4. The lowest BCUT2D eigenvalue weighted by molar-refractivity contribution is -0.137. The van der Waals surface area contributed by atoms with Gasteiger partial charge in [-0.3, -0.25) is 9.59 Å². The Bertz CT molecular complexity index is 738. The molecule has 2 N–H and O–H groups in total. The topological polar surface area (TPSA) is 58.2 Å². The van der Waals surface area contributed by atoms with Gasteiger partial charge in [0.25, 0.3) is 0 Å². The van der Waals surface area contributed by atoms with E-state index in [2.05, 4.69) is 10.6 Å². The van der Waals surface area contributed by atoms with Crippen LogP contribution >= 0.6 is 0 Å². The lowest BCUT2D eigenvalue weighted by Crippen LogP contribution is -2.61. The van der Waals surface area contributed by atoms with Crippen LogP contribution in [0, 0.1) is 59.2 Å². The second kappa shape index (κ2) is 6.78. The van der Waals surface area contributed by atoms with Crippen LogP contribution in [0.5, 0.6) is 0 Å². The SMILES string of the molecule is O=C(NC12CC3CC(CC(C3)C1)C2)C1CC2CC1CC2C(=O)NC12CC3CC(CC(C3)C1)C2. The van der Waals surface area contributed by atoms with Crippen molar-refractivity contribution in [1.29, 1.82) is 0 Å². The van der Waals surface area contributed by atoms with Gasteiger partial charge in [0.15, 0.2) is 0 Å². The molecule has 0 aromatic rings. The molecule has 0 spiro atoms. The van der Waals surface area contributed by atoms with Gasteiger partial charge in [-0.1, -0.05) is 0 Å². The molecule has 10 aliphatic rings. The molecule has 33 heavy (non-hydrogen) atoms. The van der Waals surface area contributed by atoms with Crippen molar-refractivity contribution >= 4 is 11.8 Å². The molecule has 0 radical (unpaired) electrons. The average molecular weight is 451 g/mol. The Hall–Kier alpha value is -1.06. The van der Waals surface area contributed by atoms with Crippen LogP contribution in [0.25, 0.3) is 0 Å². The van der Waals surface area contributed by atoms with Crippen LogP contribution in [0.1, 0.15) is 96.3 Å². The van der Waals surface area contributed by atoms with Crippen molar-refractivity contribution in [2.24, 2.45) is 59.2 Å². The minimum absolute atomic E-state index is 0.128. The number of amides is 2. The number of fused-ring (bicyclic) bond motifs is 2. The van der Waals surface area contributed by atoms with Gasteiger partial charge >= 0.3 is 0 Å². The van der Waals surface area contributed by atoms with Crippen molar-refractivity contribution in [3.63, 3.8) is 0 Å². The summed E-state index contributed by atoms with van der Waals surface area (Å²) >= 11 is 0. The molecule has 0 aliphatic heterocycles. The van der Waals surface area contributed by atoms with Gasteiger partial charge in [0.2, 0.25) is 11.8 Å². The van der Waals surface area contributed by atoms with Crippen molar-refractivity contribution in [3.05, 3.63) is 0 Å². The minimum atomic E-state index is 0.128. The highest BCUT2D eigenvalue weighted by Crippen LogP contribution is 2.58. The molecular formula is C29H42N2O2. The van der Waals surface area contributed by atoms with E-state index >= 15 is 0 Å². The maximum Gasteiger partial charge on any atom is 0.223 e. The molecule has 10 bridgehead atoms. The largest absolute Gasteiger partial charge is 0.350 e. The van der Waals surface area contributed by atoms with E-state index in [1.807, 2.05) is 0 Å². The normalized spacial score (nSPS) is 57.0. The molecule has 0 saturated heterocycles. The average Bonchev–Trinajstić information content (AvgIpc) is 3.32. The van der Waals surface area contributed by atoms with E-state index in [9.17, 15) is 9.59 Å². The van der Waals surface area contributed by atoms with E-state index in [1.54, 1.807) is 0 Å². The van der Waals surface area contributed by atoms with E-state index in [0.717, 1.165) is 54.8 Å². The predicted octanol–water partition coefficient (Wildman–Crippen LogP) is 4.82. The van der Waals surface area contributed by atoms with E-state index in [-0.39, 0.29) is 22.9 Å². The first-order valence-electron chi connectivity index (χ1n) is 14.6. The van der Waals surface area contributed by atoms with Crippen molar-refractivity contribution < 1.29 is 9.59 Å². The van der Waals surface area contributed by atoms with Gasteiger partial charge in [-0.05, 0) is 144 Å². The Morgan fingerprint density at radius 2 is 0.758 bits per heavy atom. The van der Waals surface area contributed by atoms with Gasteiger partial charge in [-0.2, -0.15) is 0 Å². The van der Waals surface area contributed by atoms with Crippen molar-refractivity contribution in [2.75, 3.05) is 0 Å². The number of rotatable bonds is 4. The Morgan fingerprint density at radius 3 is 1.03 bits per heavy atom. The lowest BCUT2D eigenvalue weighted by atomic mass is 9.53. The molecule has 4 unspecified atom stereocenters. The molecule has 4 nitrogen and oxygen atoms in total. The molecule has 10 rings (SSSR count). The van der Waals surface area contributed by atoms with Crippen LogP contribution in [0.4, 0.5) is 0 Å². The maximum absolute atomic E-state index is 13.5. The Balaban J connectivity index is 0.913. The van der Waals surface area contributed by atoms with Gasteiger partial charge in [0.05, 0.1) is 0 Å². The van der Waals surface area contributed by atoms with Crippen LogP contribution in [0.15, 0.2) is 0 Å². The molecule has 0 aromatic carbocycles. The fraction of sp³-hybridized carbons (Fsp3) is 0.931. The quantitative estimate of drug-likeness (QED) is 0.645. The summed E-state index contributed by atoms with van der Waals surface area (Å²) in [6.45, 7) is 0. The molecule has 10 aliphatic carbocycles. The Morgan fingerprint density at radius 1 is 0.455 bits per heavy atom. The summed E-state index contributed by atoms with van der Waals surface area (Å²) in [5.41, 5.74) is 0.256. The van der Waals surface area contributed by atoms with E-state index < -0.39 is 0 Å². The number of hydrogen-bond acceptors (Lipinski definition) is 2. The fourth-order valence-corrected chi connectivity index (χ4v) is 12.2. The summed E-state index contributed by atoms with van der Waals surface area (Å²) in [6, 6.07) is 0. The van der Waals surface area contributed by atoms with E-state index in [4.69, 9.17) is 0 Å². The monoisotopic (exact) mass is 450 g/mol. The van der Waals surface area contributed by atoms with Crippen LogP contribution < -0.4 is 10.6 Å². The highest BCUT2D eigenvalue weighted by Gasteiger charge is 2.57. The molecule has 10 fully saturated rings. The Kier molecular flexibility index (Phi) is 4.15.